The van der Waals surface area contributed by atoms with Crippen molar-refractivity contribution in [2.45, 2.75) is 116 Å². The smallest absolute Gasteiger partial charge is 0.312 e. The van der Waals surface area contributed by atoms with Gasteiger partial charge in [0.1, 0.15) is 0 Å². The van der Waals surface area contributed by atoms with Gasteiger partial charge in [-0.2, -0.15) is 0 Å². The van der Waals surface area contributed by atoms with E-state index >= 15 is 0 Å². The second-order valence-corrected chi connectivity index (χ2v) is 27.9. The summed E-state index contributed by atoms with van der Waals surface area (Å²) in [6, 6.07) is 4.03. The van der Waals surface area contributed by atoms with E-state index in [0.717, 1.165) is 37.7 Å². The van der Waals surface area contributed by atoms with Crippen molar-refractivity contribution < 1.29 is 18.2 Å². The van der Waals surface area contributed by atoms with Crippen LogP contribution in [0.2, 0.25) is 58.9 Å². The van der Waals surface area contributed by atoms with Crippen molar-refractivity contribution in [1.29, 1.82) is 0 Å². The molecule has 0 spiro atoms. The summed E-state index contributed by atoms with van der Waals surface area (Å²) < 4.78 is 19.9. The topological polar surface area (TPSA) is 70.8 Å². The Bertz CT molecular complexity index is 1010. The molecule has 0 N–H and O–H groups in total. The van der Waals surface area contributed by atoms with Crippen LogP contribution >= 0.6 is 0 Å². The van der Waals surface area contributed by atoms with Crippen molar-refractivity contribution in [2.24, 2.45) is 17.3 Å². The van der Waals surface area contributed by atoms with Gasteiger partial charge in [0.25, 0.3) is 0 Å². The first-order valence-corrected chi connectivity index (χ1v) is 24.0. The second kappa shape index (κ2) is 9.32. The number of nitro benzene ring substituents is 1. The maximum Gasteiger partial charge on any atom is 0.312 e. The Kier molecular flexibility index (Phi) is 7.25. The molecule has 4 rings (SSSR count). The monoisotopic (exact) mass is 549 g/mol. The fourth-order valence-corrected chi connectivity index (χ4v) is 10.5. The highest BCUT2D eigenvalue weighted by Gasteiger charge is 2.60. The number of fused-ring (bicyclic) bond motifs is 5. The highest BCUT2D eigenvalue weighted by Crippen LogP contribution is 2.63. The fraction of sp³-hybridized carbons (Fsp3) is 0.778. The molecule has 0 radical (unpaired) electrons. The number of nitro groups is 1. The van der Waals surface area contributed by atoms with E-state index in [4.69, 9.17) is 13.3 Å². The molecular weight excluding hydrogens is 503 g/mol. The average molecular weight is 550 g/mol. The van der Waals surface area contributed by atoms with E-state index in [1.54, 1.807) is 0 Å². The molecule has 0 aromatic heterocycles. The largest absolute Gasteiger partial charge is 0.540 e. The Morgan fingerprint density at radius 1 is 0.944 bits per heavy atom. The second-order valence-electron chi connectivity index (χ2n) is 14.6. The van der Waals surface area contributed by atoms with E-state index in [0.29, 0.717) is 23.5 Å². The highest BCUT2D eigenvalue weighted by atomic mass is 28.4. The van der Waals surface area contributed by atoms with E-state index in [1.165, 1.54) is 5.56 Å². The SMILES string of the molecule is C[C@]12CC[C@@H]3c4ccc(O[Si](C)(C)C)c([N+](=O)[O-])c4CC[C@H]3[C@@H]1C[C@@H](O[Si](C)(C)C)[C@@H]2O[Si](C)(C)C. The third-order valence-corrected chi connectivity index (χ3v) is 11.1. The summed E-state index contributed by atoms with van der Waals surface area (Å²) >= 11 is 0. The van der Waals surface area contributed by atoms with Gasteiger partial charge < -0.3 is 13.3 Å². The normalized spacial score (nSPS) is 32.4. The van der Waals surface area contributed by atoms with Crippen molar-refractivity contribution >= 4 is 30.6 Å². The molecule has 0 bridgehead atoms. The number of benzene rings is 1. The molecule has 2 saturated carbocycles. The molecule has 9 heteroatoms. The van der Waals surface area contributed by atoms with Gasteiger partial charge in [0, 0.05) is 5.56 Å². The maximum atomic E-state index is 12.2. The Labute approximate surface area is 221 Å². The summed E-state index contributed by atoms with van der Waals surface area (Å²) in [6.45, 7) is 22.4. The van der Waals surface area contributed by atoms with Crippen LogP contribution in [0.15, 0.2) is 12.1 Å². The van der Waals surface area contributed by atoms with E-state index in [-0.39, 0.29) is 28.2 Å². The Hall–Kier alpha value is -1.01. The minimum atomic E-state index is -1.96. The molecular formula is C27H47NO5Si3. The lowest BCUT2D eigenvalue weighted by atomic mass is 9.55. The van der Waals surface area contributed by atoms with Crippen LogP contribution in [0, 0.1) is 27.4 Å². The molecule has 0 unspecified atom stereocenters. The van der Waals surface area contributed by atoms with Crippen molar-refractivity contribution in [1.82, 2.24) is 0 Å². The van der Waals surface area contributed by atoms with Crippen LogP contribution in [-0.2, 0) is 15.3 Å². The number of nitrogens with zero attached hydrogens (tertiary/aromatic N) is 1. The fourth-order valence-electron chi connectivity index (χ4n) is 7.34. The Balaban J connectivity index is 1.70. The first-order valence-electron chi connectivity index (χ1n) is 13.7. The zero-order valence-corrected chi connectivity index (χ0v) is 27.1. The predicted octanol–water partition coefficient (Wildman–Crippen LogP) is 7.71. The maximum absolute atomic E-state index is 12.2. The standard InChI is InChI=1S/C27H47NO5Si3/c1-27-16-15-19-18-13-14-23(31-34(2,3)4)25(28(29)30)21(18)12-11-20(19)22(27)17-24(32-35(5,6)7)26(27)33-36(8,9)10/h13-14,19-20,22,24,26H,11-12,15-17H2,1-10H3/t19-,20-,22+,24-,26+,27+/m1/s1. The molecule has 3 aliphatic rings. The van der Waals surface area contributed by atoms with Gasteiger partial charge in [-0.25, -0.2) is 0 Å². The summed E-state index contributed by atoms with van der Waals surface area (Å²) in [6.07, 6.45) is 5.23. The molecule has 0 aliphatic heterocycles. The van der Waals surface area contributed by atoms with Gasteiger partial charge in [-0.1, -0.05) is 13.0 Å². The van der Waals surface area contributed by atoms with Gasteiger partial charge in [0.15, 0.2) is 22.4 Å². The molecule has 0 amide bonds. The van der Waals surface area contributed by atoms with Crippen LogP contribution in [0.5, 0.6) is 5.75 Å². The lowest BCUT2D eigenvalue weighted by molar-refractivity contribution is -0.386. The van der Waals surface area contributed by atoms with Crippen LogP contribution in [0.25, 0.3) is 0 Å². The van der Waals surface area contributed by atoms with Gasteiger partial charge in [0.05, 0.1) is 17.1 Å². The van der Waals surface area contributed by atoms with Crippen LogP contribution in [-0.4, -0.2) is 42.1 Å². The van der Waals surface area contributed by atoms with Gasteiger partial charge in [-0.05, 0) is 126 Å². The van der Waals surface area contributed by atoms with E-state index in [2.05, 4.69) is 71.9 Å². The van der Waals surface area contributed by atoms with Gasteiger partial charge in [-0.3, -0.25) is 10.1 Å². The first kappa shape index (κ1) is 28.0. The molecule has 1 aromatic carbocycles. The van der Waals surface area contributed by atoms with Crippen LogP contribution in [0.1, 0.15) is 49.7 Å². The molecule has 36 heavy (non-hydrogen) atoms. The van der Waals surface area contributed by atoms with Crippen molar-refractivity contribution in [2.75, 3.05) is 0 Å². The van der Waals surface area contributed by atoms with Crippen LogP contribution in [0.4, 0.5) is 5.69 Å². The van der Waals surface area contributed by atoms with Gasteiger partial charge in [-0.15, -0.1) is 0 Å². The summed E-state index contributed by atoms with van der Waals surface area (Å²) in [4.78, 5) is 12.0. The minimum Gasteiger partial charge on any atom is -0.540 e. The quantitative estimate of drug-likeness (QED) is 0.198. The van der Waals surface area contributed by atoms with Gasteiger partial charge in [0.2, 0.25) is 8.32 Å². The zero-order chi connectivity index (χ0) is 26.8. The van der Waals surface area contributed by atoms with Crippen LogP contribution < -0.4 is 4.43 Å². The molecule has 3 aliphatic carbocycles. The Morgan fingerprint density at radius 3 is 2.14 bits per heavy atom. The first-order chi connectivity index (χ1) is 16.4. The minimum absolute atomic E-state index is 0.0933. The highest BCUT2D eigenvalue weighted by molar-refractivity contribution is 6.70. The Morgan fingerprint density at radius 2 is 1.58 bits per heavy atom. The molecule has 0 heterocycles. The molecule has 6 nitrogen and oxygen atoms in total. The third-order valence-electron chi connectivity index (χ3n) is 8.34. The van der Waals surface area contributed by atoms with Crippen molar-refractivity contribution in [3.8, 4) is 5.75 Å². The summed E-state index contributed by atoms with van der Waals surface area (Å²) in [5, 5.41) is 12.2. The number of rotatable bonds is 7. The van der Waals surface area contributed by atoms with E-state index in [1.807, 2.05) is 6.07 Å². The van der Waals surface area contributed by atoms with E-state index in [9.17, 15) is 10.1 Å². The molecule has 202 valence electrons. The van der Waals surface area contributed by atoms with E-state index < -0.39 is 25.0 Å². The third kappa shape index (κ3) is 5.55. The predicted molar refractivity (Wildman–Crippen MR) is 154 cm³/mol. The van der Waals surface area contributed by atoms with Gasteiger partial charge >= 0.3 is 5.69 Å². The molecule has 1 aromatic rings. The molecule has 2 fully saturated rings. The molecule has 6 atom stereocenters. The average Bonchev–Trinajstić information content (AvgIpc) is 2.95. The lowest BCUT2D eigenvalue weighted by Crippen LogP contribution is -2.50. The summed E-state index contributed by atoms with van der Waals surface area (Å²) in [5.41, 5.74) is 2.42. The summed E-state index contributed by atoms with van der Waals surface area (Å²) in [5.74, 6) is 1.86. The summed E-state index contributed by atoms with van der Waals surface area (Å²) in [7, 11) is -5.46. The number of hydrogen-bond donors (Lipinski definition) is 0. The lowest BCUT2D eigenvalue weighted by Gasteiger charge is -2.51. The molecule has 0 saturated heterocycles. The zero-order valence-electron chi connectivity index (χ0n) is 24.1. The van der Waals surface area contributed by atoms with Crippen molar-refractivity contribution in [3.63, 3.8) is 0 Å². The van der Waals surface area contributed by atoms with Crippen molar-refractivity contribution in [3.05, 3.63) is 33.4 Å². The van der Waals surface area contributed by atoms with Crippen LogP contribution in [0.3, 0.4) is 0 Å². The number of hydrogen-bond acceptors (Lipinski definition) is 5.